The maximum absolute atomic E-state index is 10.4. The van der Waals surface area contributed by atoms with E-state index in [1.807, 2.05) is 13.8 Å². The summed E-state index contributed by atoms with van der Waals surface area (Å²) in [6.45, 7) is 8.16. The van der Waals surface area contributed by atoms with Gasteiger partial charge in [0.25, 0.3) is 0 Å². The molecule has 0 aromatic carbocycles. The average Bonchev–Trinajstić information content (AvgIpc) is 3.26. The molecule has 8 nitrogen and oxygen atoms in total. The summed E-state index contributed by atoms with van der Waals surface area (Å²) in [6, 6.07) is -0.350. The summed E-state index contributed by atoms with van der Waals surface area (Å²) in [5.74, 6) is 3.95. The molecule has 11 heteroatoms. The molecule has 2 unspecified atom stereocenters. The number of nitrogens with two attached hydrogens (primary N) is 1. The molecule has 2 aromatic rings. The minimum absolute atomic E-state index is 0.0560. The van der Waals surface area contributed by atoms with Crippen molar-refractivity contribution >= 4 is 34.5 Å². The maximum atomic E-state index is 10.4. The summed E-state index contributed by atoms with van der Waals surface area (Å²) in [6.07, 6.45) is 1.85. The van der Waals surface area contributed by atoms with Crippen molar-refractivity contribution in [2.75, 3.05) is 5.75 Å². The number of hydrogen-bond donors (Lipinski definition) is 3. The summed E-state index contributed by atoms with van der Waals surface area (Å²) >= 11 is 7.74. The van der Waals surface area contributed by atoms with Crippen LogP contribution in [-0.2, 0) is 0 Å². The van der Waals surface area contributed by atoms with Gasteiger partial charge >= 0.3 is 0 Å². The molecule has 0 spiro atoms. The summed E-state index contributed by atoms with van der Waals surface area (Å²) in [4.78, 5) is 8.77. The number of thioether (sulfide) groups is 1. The van der Waals surface area contributed by atoms with Crippen molar-refractivity contribution in [3.05, 3.63) is 5.15 Å². The van der Waals surface area contributed by atoms with Gasteiger partial charge in [-0.15, -0.1) is 9.58 Å². The fraction of sp³-hybridized carbons (Fsp3) is 0.765. The second-order valence-electron chi connectivity index (χ2n) is 6.18. The molecule has 0 amide bonds. The summed E-state index contributed by atoms with van der Waals surface area (Å²) in [7, 11) is 0. The quantitative estimate of drug-likeness (QED) is 0.272. The SMILES string of the molecule is CC.CCCSc1nc(Cl)c2nnn(C3CC(CCC)[C@@H](O)[C@H]3O)c2n1.NF. The predicted molar refractivity (Wildman–Crippen MR) is 110 cm³/mol. The minimum atomic E-state index is -0.882. The van der Waals surface area contributed by atoms with E-state index in [0.29, 0.717) is 22.7 Å². The van der Waals surface area contributed by atoms with Gasteiger partial charge in [-0.1, -0.05) is 62.7 Å². The van der Waals surface area contributed by atoms with E-state index in [9.17, 15) is 10.2 Å². The fourth-order valence-corrected chi connectivity index (χ4v) is 4.21. The Morgan fingerprint density at radius 2 is 1.86 bits per heavy atom. The van der Waals surface area contributed by atoms with Crippen molar-refractivity contribution in [2.24, 2.45) is 11.9 Å². The van der Waals surface area contributed by atoms with E-state index in [4.69, 9.17) is 16.1 Å². The van der Waals surface area contributed by atoms with Crippen LogP contribution in [0.3, 0.4) is 0 Å². The van der Waals surface area contributed by atoms with Gasteiger partial charge in [0.2, 0.25) is 0 Å². The van der Waals surface area contributed by atoms with Crippen LogP contribution in [0.15, 0.2) is 5.16 Å². The Bertz CT molecular complexity index is 722. The van der Waals surface area contributed by atoms with Gasteiger partial charge in [-0.25, -0.2) is 14.6 Å². The molecule has 0 bridgehead atoms. The Labute approximate surface area is 174 Å². The molecule has 3 rings (SSSR count). The van der Waals surface area contributed by atoms with Crippen molar-refractivity contribution in [3.63, 3.8) is 0 Å². The van der Waals surface area contributed by atoms with Crippen molar-refractivity contribution in [2.45, 2.75) is 76.8 Å². The van der Waals surface area contributed by atoms with Crippen LogP contribution in [0, 0.1) is 5.92 Å². The third kappa shape index (κ3) is 5.50. The molecule has 28 heavy (non-hydrogen) atoms. The van der Waals surface area contributed by atoms with Crippen LogP contribution in [0.4, 0.5) is 4.48 Å². The highest BCUT2D eigenvalue weighted by Gasteiger charge is 2.43. The summed E-state index contributed by atoms with van der Waals surface area (Å²) < 4.78 is 10.6. The van der Waals surface area contributed by atoms with Crippen molar-refractivity contribution in [1.29, 1.82) is 0 Å². The number of aromatic nitrogens is 5. The lowest BCUT2D eigenvalue weighted by Gasteiger charge is -2.17. The van der Waals surface area contributed by atoms with E-state index in [2.05, 4.69) is 40.1 Å². The maximum Gasteiger partial charge on any atom is 0.191 e. The Hall–Kier alpha value is -1.07. The van der Waals surface area contributed by atoms with Gasteiger partial charge in [-0.05, 0) is 25.2 Å². The third-order valence-corrected chi connectivity index (χ3v) is 5.76. The molecule has 4 atom stereocenters. The largest absolute Gasteiger partial charge is 0.390 e. The van der Waals surface area contributed by atoms with E-state index < -0.39 is 12.2 Å². The van der Waals surface area contributed by atoms with E-state index in [0.717, 1.165) is 25.0 Å². The minimum Gasteiger partial charge on any atom is -0.390 e. The van der Waals surface area contributed by atoms with Crippen molar-refractivity contribution in [1.82, 2.24) is 25.0 Å². The van der Waals surface area contributed by atoms with Crippen LogP contribution in [0.2, 0.25) is 5.15 Å². The second kappa shape index (κ2) is 12.5. The zero-order valence-corrected chi connectivity index (χ0v) is 18.3. The number of halogens is 2. The van der Waals surface area contributed by atoms with Crippen LogP contribution in [0.1, 0.15) is 59.4 Å². The standard InChI is InChI=1S/C15H22ClN5O2S.C2H6.FH2N/c1-3-5-8-7-9(12(23)11(8)22)21-14-10(19-20-21)13(16)17-15(18-14)24-6-4-2;2*1-2/h8-9,11-12,22-23H,3-7H2,1-2H3;1-2H3;2H2/t8?,9?,11-,12+;;/m1../s1. The zero-order valence-electron chi connectivity index (χ0n) is 16.7. The number of fused-ring (bicyclic) bond motifs is 1. The zero-order chi connectivity index (χ0) is 21.3. The normalized spacial score (nSPS) is 23.8. The smallest absolute Gasteiger partial charge is 0.191 e. The highest BCUT2D eigenvalue weighted by molar-refractivity contribution is 7.99. The number of aliphatic hydroxyl groups is 2. The molecule has 2 heterocycles. The lowest BCUT2D eigenvalue weighted by atomic mass is 10.00. The Kier molecular flexibility index (Phi) is 11.1. The highest BCUT2D eigenvalue weighted by atomic mass is 35.5. The molecule has 0 aliphatic heterocycles. The second-order valence-corrected chi connectivity index (χ2v) is 7.60. The van der Waals surface area contributed by atoms with Gasteiger partial charge in [0.1, 0.15) is 6.10 Å². The number of aliphatic hydroxyl groups excluding tert-OH is 2. The van der Waals surface area contributed by atoms with Gasteiger partial charge in [0.15, 0.2) is 21.5 Å². The van der Waals surface area contributed by atoms with E-state index in [1.165, 1.54) is 11.8 Å². The lowest BCUT2D eigenvalue weighted by molar-refractivity contribution is 0.00343. The molecular weight excluding hydrogens is 407 g/mol. The van der Waals surface area contributed by atoms with Crippen LogP contribution >= 0.6 is 23.4 Å². The molecule has 1 aliphatic carbocycles. The fourth-order valence-electron chi connectivity index (χ4n) is 3.26. The number of hydrogen-bond acceptors (Lipinski definition) is 8. The molecule has 2 aromatic heterocycles. The highest BCUT2D eigenvalue weighted by Crippen LogP contribution is 2.38. The average molecular weight is 437 g/mol. The Morgan fingerprint density at radius 3 is 2.46 bits per heavy atom. The Morgan fingerprint density at radius 1 is 1.18 bits per heavy atom. The monoisotopic (exact) mass is 436 g/mol. The third-order valence-electron chi connectivity index (χ3n) is 4.44. The molecule has 1 fully saturated rings. The number of nitrogens with zero attached hydrogens (tertiary/aromatic N) is 5. The predicted octanol–water partition coefficient (Wildman–Crippen LogP) is 3.32. The topological polar surface area (TPSA) is 123 Å². The van der Waals surface area contributed by atoms with Crippen LogP contribution < -0.4 is 5.96 Å². The van der Waals surface area contributed by atoms with E-state index in [-0.39, 0.29) is 17.1 Å². The summed E-state index contributed by atoms with van der Waals surface area (Å²) in [5, 5.41) is 29.8. The first-order valence-electron chi connectivity index (χ1n) is 9.56. The Balaban J connectivity index is 0.000000921. The molecule has 0 saturated heterocycles. The van der Waals surface area contributed by atoms with Gasteiger partial charge < -0.3 is 10.2 Å². The summed E-state index contributed by atoms with van der Waals surface area (Å²) in [5.41, 5.74) is 0.945. The number of rotatable bonds is 6. The molecule has 1 saturated carbocycles. The van der Waals surface area contributed by atoms with Gasteiger partial charge in [0, 0.05) is 5.75 Å². The molecule has 160 valence electrons. The van der Waals surface area contributed by atoms with Crippen molar-refractivity contribution in [3.8, 4) is 0 Å². The van der Waals surface area contributed by atoms with Crippen LogP contribution in [-0.4, -0.2) is 53.1 Å². The van der Waals surface area contributed by atoms with E-state index >= 15 is 0 Å². The molecule has 0 radical (unpaired) electrons. The first kappa shape index (κ1) is 25.0. The van der Waals surface area contributed by atoms with Crippen LogP contribution in [0.5, 0.6) is 0 Å². The van der Waals surface area contributed by atoms with Crippen LogP contribution in [0.25, 0.3) is 11.2 Å². The van der Waals surface area contributed by atoms with Gasteiger partial charge in [0.05, 0.1) is 12.1 Å². The van der Waals surface area contributed by atoms with Gasteiger partial charge in [-0.3, -0.25) is 0 Å². The first-order valence-corrected chi connectivity index (χ1v) is 10.9. The molecular formula is C17H30ClFN6O2S. The van der Waals surface area contributed by atoms with E-state index in [1.54, 1.807) is 4.68 Å². The molecule has 1 aliphatic rings. The lowest BCUT2D eigenvalue weighted by Crippen LogP contribution is -2.30. The molecule has 4 N–H and O–H groups in total. The van der Waals surface area contributed by atoms with Gasteiger partial charge in [-0.2, -0.15) is 5.96 Å². The first-order chi connectivity index (χ1) is 13.6. The van der Waals surface area contributed by atoms with Crippen molar-refractivity contribution < 1.29 is 14.7 Å².